The molecule has 1 heterocycles. The van der Waals surface area contributed by atoms with E-state index in [1.54, 1.807) is 19.2 Å². The number of ether oxygens (including phenoxy) is 1. The smallest absolute Gasteiger partial charge is 0.263 e. The molecule has 2 rings (SSSR count). The zero-order chi connectivity index (χ0) is 18.1. The van der Waals surface area contributed by atoms with Crippen LogP contribution in [-0.2, 0) is 16.1 Å². The molecule has 1 aromatic rings. The summed E-state index contributed by atoms with van der Waals surface area (Å²) >= 11 is 0. The molecule has 7 heteroatoms. The summed E-state index contributed by atoms with van der Waals surface area (Å²) in [6.45, 7) is 1.88. The van der Waals surface area contributed by atoms with Crippen molar-refractivity contribution < 1.29 is 14.3 Å². The topological polar surface area (TPSA) is 103 Å². The maximum Gasteiger partial charge on any atom is 0.263 e. The van der Waals surface area contributed by atoms with E-state index in [0.717, 1.165) is 37.2 Å². The number of amides is 2. The standard InChI is InChI=1S/C18H22N4O3/c1-25-16-4-2-13(3-5-16)11-21-18(24)15(10-19)12-22-17(23)14-6-8-20-9-7-14/h2-5,12,14,20H,6-9,11H2,1H3,(H,21,24)(H,22,23)/b15-12-. The van der Waals surface area contributed by atoms with E-state index < -0.39 is 5.91 Å². The Bertz CT molecular complexity index is 671. The number of nitriles is 1. The first-order valence-corrected chi connectivity index (χ1v) is 8.16. The number of nitrogens with zero attached hydrogens (tertiary/aromatic N) is 1. The van der Waals surface area contributed by atoms with E-state index in [2.05, 4.69) is 16.0 Å². The van der Waals surface area contributed by atoms with Crippen LogP contribution in [-0.4, -0.2) is 32.0 Å². The molecule has 0 aliphatic carbocycles. The normalized spacial score (nSPS) is 15.1. The molecule has 3 N–H and O–H groups in total. The lowest BCUT2D eigenvalue weighted by molar-refractivity contribution is -0.124. The summed E-state index contributed by atoms with van der Waals surface area (Å²) in [6.07, 6.45) is 2.70. The third kappa shape index (κ3) is 5.62. The van der Waals surface area contributed by atoms with Crippen LogP contribution in [0.1, 0.15) is 18.4 Å². The maximum absolute atomic E-state index is 12.1. The fraction of sp³-hybridized carbons (Fsp3) is 0.389. The zero-order valence-corrected chi connectivity index (χ0v) is 14.2. The Balaban J connectivity index is 1.86. The quantitative estimate of drug-likeness (QED) is 0.525. The number of hydrogen-bond donors (Lipinski definition) is 3. The number of carbonyl (C=O) groups is 2. The summed E-state index contributed by atoms with van der Waals surface area (Å²) in [4.78, 5) is 24.1. The van der Waals surface area contributed by atoms with Crippen LogP contribution in [0.15, 0.2) is 36.0 Å². The van der Waals surface area contributed by atoms with Crippen molar-refractivity contribution in [1.29, 1.82) is 5.26 Å². The SMILES string of the molecule is COc1ccc(CNC(=O)/C(C#N)=C\NC(=O)C2CCNCC2)cc1. The average Bonchev–Trinajstić information content (AvgIpc) is 2.67. The van der Waals surface area contributed by atoms with E-state index in [-0.39, 0.29) is 23.9 Å². The van der Waals surface area contributed by atoms with Crippen molar-refractivity contribution in [2.45, 2.75) is 19.4 Å². The van der Waals surface area contributed by atoms with Gasteiger partial charge in [0.15, 0.2) is 0 Å². The van der Waals surface area contributed by atoms with Crippen LogP contribution in [0.5, 0.6) is 5.75 Å². The van der Waals surface area contributed by atoms with Crippen molar-refractivity contribution in [3.8, 4) is 11.8 Å². The maximum atomic E-state index is 12.1. The molecular formula is C18H22N4O3. The second-order valence-electron chi connectivity index (χ2n) is 5.73. The summed E-state index contributed by atoms with van der Waals surface area (Å²) in [5.41, 5.74) is 0.751. The van der Waals surface area contributed by atoms with E-state index in [4.69, 9.17) is 10.00 Å². The molecule has 0 saturated carbocycles. The van der Waals surface area contributed by atoms with Gasteiger partial charge in [-0.25, -0.2) is 0 Å². The van der Waals surface area contributed by atoms with Crippen molar-refractivity contribution in [2.75, 3.05) is 20.2 Å². The molecule has 132 valence electrons. The van der Waals surface area contributed by atoms with Crippen molar-refractivity contribution in [1.82, 2.24) is 16.0 Å². The van der Waals surface area contributed by atoms with E-state index in [1.165, 1.54) is 6.20 Å². The molecule has 7 nitrogen and oxygen atoms in total. The largest absolute Gasteiger partial charge is 0.497 e. The zero-order valence-electron chi connectivity index (χ0n) is 14.2. The highest BCUT2D eigenvalue weighted by Crippen LogP contribution is 2.12. The molecule has 1 aliphatic heterocycles. The highest BCUT2D eigenvalue weighted by molar-refractivity contribution is 5.97. The molecule has 1 aromatic carbocycles. The minimum absolute atomic E-state index is 0.0835. The van der Waals surface area contributed by atoms with Gasteiger partial charge in [-0.15, -0.1) is 0 Å². The lowest BCUT2D eigenvalue weighted by Gasteiger charge is -2.20. The Morgan fingerprint density at radius 3 is 2.60 bits per heavy atom. The number of rotatable bonds is 6. The van der Waals surface area contributed by atoms with Gasteiger partial charge in [0, 0.05) is 18.7 Å². The monoisotopic (exact) mass is 342 g/mol. The lowest BCUT2D eigenvalue weighted by Crippen LogP contribution is -2.36. The Morgan fingerprint density at radius 2 is 2.00 bits per heavy atom. The first-order chi connectivity index (χ1) is 12.1. The summed E-state index contributed by atoms with van der Waals surface area (Å²) < 4.78 is 5.07. The van der Waals surface area contributed by atoms with Gasteiger partial charge < -0.3 is 20.7 Å². The van der Waals surface area contributed by atoms with Crippen molar-refractivity contribution in [3.63, 3.8) is 0 Å². The second-order valence-corrected chi connectivity index (χ2v) is 5.73. The first kappa shape index (κ1) is 18.5. The minimum Gasteiger partial charge on any atom is -0.497 e. The van der Waals surface area contributed by atoms with Gasteiger partial charge in [-0.1, -0.05) is 12.1 Å². The third-order valence-electron chi connectivity index (χ3n) is 4.05. The van der Waals surface area contributed by atoms with Gasteiger partial charge in [0.1, 0.15) is 17.4 Å². The molecule has 1 saturated heterocycles. The highest BCUT2D eigenvalue weighted by atomic mass is 16.5. The molecule has 0 atom stereocenters. The van der Waals surface area contributed by atoms with Gasteiger partial charge in [0.25, 0.3) is 5.91 Å². The fourth-order valence-corrected chi connectivity index (χ4v) is 2.51. The van der Waals surface area contributed by atoms with Crippen LogP contribution in [0.3, 0.4) is 0 Å². The average molecular weight is 342 g/mol. The number of benzene rings is 1. The van der Waals surface area contributed by atoms with Crippen LogP contribution in [0.2, 0.25) is 0 Å². The van der Waals surface area contributed by atoms with Crippen molar-refractivity contribution in [2.24, 2.45) is 5.92 Å². The van der Waals surface area contributed by atoms with E-state index >= 15 is 0 Å². The summed E-state index contributed by atoms with van der Waals surface area (Å²) in [5, 5.41) is 17.5. The van der Waals surface area contributed by atoms with E-state index in [9.17, 15) is 9.59 Å². The number of hydrogen-bond acceptors (Lipinski definition) is 5. The predicted molar refractivity (Wildman–Crippen MR) is 92.3 cm³/mol. The number of piperidine rings is 1. The molecule has 1 aliphatic rings. The molecule has 0 radical (unpaired) electrons. The van der Waals surface area contributed by atoms with Crippen LogP contribution in [0.25, 0.3) is 0 Å². The van der Waals surface area contributed by atoms with Crippen molar-refractivity contribution in [3.05, 3.63) is 41.6 Å². The lowest BCUT2D eigenvalue weighted by atomic mass is 9.97. The van der Waals surface area contributed by atoms with Crippen LogP contribution < -0.4 is 20.7 Å². The molecular weight excluding hydrogens is 320 g/mol. The molecule has 2 amide bonds. The molecule has 0 aromatic heterocycles. The Morgan fingerprint density at radius 1 is 1.32 bits per heavy atom. The fourth-order valence-electron chi connectivity index (χ4n) is 2.51. The second kappa shape index (κ2) is 9.45. The number of nitrogens with one attached hydrogen (secondary N) is 3. The van der Waals surface area contributed by atoms with Crippen LogP contribution in [0.4, 0.5) is 0 Å². The first-order valence-electron chi connectivity index (χ1n) is 8.16. The number of methoxy groups -OCH3 is 1. The summed E-state index contributed by atoms with van der Waals surface area (Å²) in [5.74, 6) is -0.0331. The van der Waals surface area contributed by atoms with Gasteiger partial charge in [0.2, 0.25) is 5.91 Å². The molecule has 0 bridgehead atoms. The van der Waals surface area contributed by atoms with Gasteiger partial charge >= 0.3 is 0 Å². The highest BCUT2D eigenvalue weighted by Gasteiger charge is 2.20. The van der Waals surface area contributed by atoms with Gasteiger partial charge in [0.05, 0.1) is 7.11 Å². The van der Waals surface area contributed by atoms with Crippen LogP contribution in [0, 0.1) is 17.2 Å². The van der Waals surface area contributed by atoms with Gasteiger partial charge in [-0.3, -0.25) is 9.59 Å². The van der Waals surface area contributed by atoms with Gasteiger partial charge in [-0.2, -0.15) is 5.26 Å². The molecule has 1 fully saturated rings. The Labute approximate surface area is 147 Å². The molecule has 25 heavy (non-hydrogen) atoms. The predicted octanol–water partition coefficient (Wildman–Crippen LogP) is 0.835. The Hall–Kier alpha value is -2.85. The van der Waals surface area contributed by atoms with E-state index in [1.807, 2.05) is 18.2 Å². The van der Waals surface area contributed by atoms with Crippen LogP contribution >= 0.6 is 0 Å². The summed E-state index contributed by atoms with van der Waals surface area (Å²) in [7, 11) is 1.58. The minimum atomic E-state index is -0.524. The summed E-state index contributed by atoms with van der Waals surface area (Å²) in [6, 6.07) is 9.06. The van der Waals surface area contributed by atoms with Crippen molar-refractivity contribution >= 4 is 11.8 Å². The third-order valence-corrected chi connectivity index (χ3v) is 4.05. The molecule has 0 unspecified atom stereocenters. The van der Waals surface area contributed by atoms with Gasteiger partial charge in [-0.05, 0) is 43.6 Å². The molecule has 0 spiro atoms. The van der Waals surface area contributed by atoms with E-state index in [0.29, 0.717) is 0 Å². The number of carbonyl (C=O) groups excluding carboxylic acids is 2. The Kier molecular flexibility index (Phi) is 6.99.